The van der Waals surface area contributed by atoms with Crippen LogP contribution in [0.4, 0.5) is 5.69 Å². The van der Waals surface area contributed by atoms with Crippen LogP contribution in [-0.4, -0.2) is 18.0 Å². The Morgan fingerprint density at radius 1 is 1.45 bits per heavy atom. The zero-order valence-corrected chi connectivity index (χ0v) is 12.8. The first-order valence-electron chi connectivity index (χ1n) is 7.76. The number of benzene rings is 1. The van der Waals surface area contributed by atoms with Crippen molar-refractivity contribution >= 4 is 11.6 Å². The van der Waals surface area contributed by atoms with Crippen LogP contribution in [0.1, 0.15) is 45.6 Å². The second kappa shape index (κ2) is 6.78. The molecule has 1 amide bonds. The van der Waals surface area contributed by atoms with E-state index in [0.29, 0.717) is 0 Å². The molecule has 2 N–H and O–H groups in total. The normalized spacial score (nSPS) is 22.6. The largest absolute Gasteiger partial charge is 0.382 e. The van der Waals surface area contributed by atoms with Crippen molar-refractivity contribution in [2.45, 2.75) is 58.5 Å². The van der Waals surface area contributed by atoms with Gasteiger partial charge in [0.1, 0.15) is 0 Å². The smallest absolute Gasteiger partial charge is 0.225 e. The summed E-state index contributed by atoms with van der Waals surface area (Å²) in [6, 6.07) is 8.72. The van der Waals surface area contributed by atoms with Gasteiger partial charge in [-0.15, -0.1) is 0 Å². The second-order valence-electron chi connectivity index (χ2n) is 5.95. The van der Waals surface area contributed by atoms with Gasteiger partial charge in [0.05, 0.1) is 5.92 Å². The average molecular weight is 274 g/mol. The molecule has 1 heterocycles. The summed E-state index contributed by atoms with van der Waals surface area (Å²) in [5.41, 5.74) is 2.41. The number of hydrogen-bond acceptors (Lipinski definition) is 2. The van der Waals surface area contributed by atoms with Gasteiger partial charge in [-0.25, -0.2) is 0 Å². The Kier molecular flexibility index (Phi) is 5.05. The lowest BCUT2D eigenvalue weighted by Gasteiger charge is -2.32. The number of anilines is 1. The number of rotatable bonds is 5. The van der Waals surface area contributed by atoms with Gasteiger partial charge in [-0.3, -0.25) is 4.79 Å². The van der Waals surface area contributed by atoms with Gasteiger partial charge in [0.15, 0.2) is 0 Å². The van der Waals surface area contributed by atoms with Gasteiger partial charge in [0.25, 0.3) is 0 Å². The van der Waals surface area contributed by atoms with Crippen molar-refractivity contribution in [1.29, 1.82) is 0 Å². The third kappa shape index (κ3) is 3.53. The van der Waals surface area contributed by atoms with Gasteiger partial charge in [-0.2, -0.15) is 0 Å². The molecule has 0 radical (unpaired) electrons. The van der Waals surface area contributed by atoms with E-state index in [1.807, 2.05) is 12.1 Å². The van der Waals surface area contributed by atoms with E-state index in [2.05, 4.69) is 43.5 Å². The molecule has 20 heavy (non-hydrogen) atoms. The molecule has 2 rings (SSSR count). The summed E-state index contributed by atoms with van der Waals surface area (Å²) >= 11 is 0. The quantitative estimate of drug-likeness (QED) is 0.864. The zero-order chi connectivity index (χ0) is 14.5. The summed E-state index contributed by atoms with van der Waals surface area (Å²) in [4.78, 5) is 12.4. The summed E-state index contributed by atoms with van der Waals surface area (Å²) in [5, 5.41) is 6.61. The highest BCUT2D eigenvalue weighted by atomic mass is 16.2. The first-order valence-corrected chi connectivity index (χ1v) is 7.76. The average Bonchev–Trinajstić information content (AvgIpc) is 2.44. The Balaban J connectivity index is 1.97. The summed E-state index contributed by atoms with van der Waals surface area (Å²) in [6.45, 7) is 6.37. The van der Waals surface area contributed by atoms with Gasteiger partial charge >= 0.3 is 0 Å². The number of unbranched alkanes of at least 4 members (excludes halogenated alkanes) is 1. The van der Waals surface area contributed by atoms with Crippen molar-refractivity contribution < 1.29 is 4.79 Å². The molecule has 1 aromatic carbocycles. The minimum atomic E-state index is 0.0222. The van der Waals surface area contributed by atoms with Crippen LogP contribution in [0, 0.1) is 5.92 Å². The van der Waals surface area contributed by atoms with Crippen LogP contribution in [0.3, 0.4) is 0 Å². The monoisotopic (exact) mass is 274 g/mol. The van der Waals surface area contributed by atoms with E-state index in [9.17, 15) is 4.79 Å². The molecule has 3 unspecified atom stereocenters. The maximum Gasteiger partial charge on any atom is 0.225 e. The van der Waals surface area contributed by atoms with E-state index >= 15 is 0 Å². The molecule has 0 aliphatic carbocycles. The van der Waals surface area contributed by atoms with Crippen LogP contribution in [0.15, 0.2) is 24.3 Å². The fourth-order valence-corrected chi connectivity index (χ4v) is 2.85. The third-order valence-corrected chi connectivity index (χ3v) is 4.16. The van der Waals surface area contributed by atoms with E-state index in [4.69, 9.17) is 0 Å². The van der Waals surface area contributed by atoms with Gasteiger partial charge in [0, 0.05) is 17.8 Å². The van der Waals surface area contributed by atoms with Crippen LogP contribution in [-0.2, 0) is 11.2 Å². The van der Waals surface area contributed by atoms with E-state index in [1.54, 1.807) is 0 Å². The number of carbonyl (C=O) groups is 1. The van der Waals surface area contributed by atoms with Crippen LogP contribution >= 0.6 is 0 Å². The van der Waals surface area contributed by atoms with Crippen molar-refractivity contribution in [3.05, 3.63) is 29.8 Å². The van der Waals surface area contributed by atoms with Crippen LogP contribution in [0.5, 0.6) is 0 Å². The van der Waals surface area contributed by atoms with E-state index in [-0.39, 0.29) is 23.9 Å². The Bertz CT molecular complexity index is 458. The summed E-state index contributed by atoms with van der Waals surface area (Å²) < 4.78 is 0. The Morgan fingerprint density at radius 2 is 2.20 bits per heavy atom. The van der Waals surface area contributed by atoms with Gasteiger partial charge in [-0.05, 0) is 38.3 Å². The molecule has 0 aromatic heterocycles. The van der Waals surface area contributed by atoms with Crippen LogP contribution < -0.4 is 10.6 Å². The first-order chi connectivity index (χ1) is 9.61. The molecule has 3 heteroatoms. The molecule has 3 atom stereocenters. The molecular formula is C17H26N2O. The number of nitrogens with one attached hydrogen (secondary N) is 2. The molecule has 0 spiro atoms. The van der Waals surface area contributed by atoms with Crippen LogP contribution in [0.2, 0.25) is 0 Å². The highest BCUT2D eigenvalue weighted by Crippen LogP contribution is 2.28. The standard InChI is InChI=1S/C17H26N2O/c1-4-5-8-12(2)18-17(20)15-11-14-9-6-7-10-16(14)19-13(15)3/h6-7,9-10,12-13,15,19H,4-5,8,11H2,1-3H3,(H,18,20). The molecule has 1 aliphatic rings. The molecule has 0 bridgehead atoms. The topological polar surface area (TPSA) is 41.1 Å². The molecule has 3 nitrogen and oxygen atoms in total. The van der Waals surface area contributed by atoms with Gasteiger partial charge < -0.3 is 10.6 Å². The van der Waals surface area contributed by atoms with E-state index in [1.165, 1.54) is 24.1 Å². The van der Waals surface area contributed by atoms with Crippen molar-refractivity contribution in [2.24, 2.45) is 5.92 Å². The Hall–Kier alpha value is -1.51. The molecule has 110 valence electrons. The fourth-order valence-electron chi connectivity index (χ4n) is 2.85. The molecular weight excluding hydrogens is 248 g/mol. The van der Waals surface area contributed by atoms with E-state index < -0.39 is 0 Å². The number of para-hydroxylation sites is 1. The lowest BCUT2D eigenvalue weighted by Crippen LogP contribution is -2.46. The molecule has 1 aromatic rings. The number of carbonyl (C=O) groups excluding carboxylic acids is 1. The van der Waals surface area contributed by atoms with Crippen molar-refractivity contribution in [2.75, 3.05) is 5.32 Å². The highest BCUT2D eigenvalue weighted by Gasteiger charge is 2.30. The molecule has 0 saturated carbocycles. The maximum absolute atomic E-state index is 12.4. The number of amides is 1. The molecule has 0 fully saturated rings. The lowest BCUT2D eigenvalue weighted by atomic mass is 9.87. The maximum atomic E-state index is 12.4. The number of fused-ring (bicyclic) bond motifs is 1. The minimum absolute atomic E-state index is 0.0222. The van der Waals surface area contributed by atoms with Crippen LogP contribution in [0.25, 0.3) is 0 Å². The molecule has 1 aliphatic heterocycles. The van der Waals surface area contributed by atoms with E-state index in [0.717, 1.165) is 12.8 Å². The second-order valence-corrected chi connectivity index (χ2v) is 5.95. The number of hydrogen-bond donors (Lipinski definition) is 2. The highest BCUT2D eigenvalue weighted by molar-refractivity contribution is 5.81. The Labute approximate surface area is 122 Å². The SMILES string of the molecule is CCCCC(C)NC(=O)C1Cc2ccccc2NC1C. The first kappa shape index (κ1) is 14.9. The molecule has 0 saturated heterocycles. The van der Waals surface area contributed by atoms with Crippen molar-refractivity contribution in [1.82, 2.24) is 5.32 Å². The third-order valence-electron chi connectivity index (χ3n) is 4.16. The summed E-state index contributed by atoms with van der Waals surface area (Å²) in [5.74, 6) is 0.206. The fraction of sp³-hybridized carbons (Fsp3) is 0.588. The minimum Gasteiger partial charge on any atom is -0.382 e. The van der Waals surface area contributed by atoms with Gasteiger partial charge in [-0.1, -0.05) is 38.0 Å². The summed E-state index contributed by atoms with van der Waals surface area (Å²) in [6.07, 6.45) is 4.24. The predicted octanol–water partition coefficient (Wildman–Crippen LogP) is 3.35. The van der Waals surface area contributed by atoms with Crippen molar-refractivity contribution in [3.63, 3.8) is 0 Å². The Morgan fingerprint density at radius 3 is 2.95 bits per heavy atom. The van der Waals surface area contributed by atoms with Crippen molar-refractivity contribution in [3.8, 4) is 0 Å². The lowest BCUT2D eigenvalue weighted by molar-refractivity contribution is -0.126. The summed E-state index contributed by atoms with van der Waals surface area (Å²) in [7, 11) is 0. The zero-order valence-electron chi connectivity index (χ0n) is 12.8. The predicted molar refractivity (Wildman–Crippen MR) is 83.9 cm³/mol. The van der Waals surface area contributed by atoms with Gasteiger partial charge in [0.2, 0.25) is 5.91 Å².